The predicted octanol–water partition coefficient (Wildman–Crippen LogP) is 4.16. The number of hydrogen-bond donors (Lipinski definition) is 9. The van der Waals surface area contributed by atoms with E-state index in [1.807, 2.05) is 0 Å². The molecule has 0 saturated heterocycles. The number of azo groups is 1. The molecule has 0 bridgehead atoms. The zero-order chi connectivity index (χ0) is 41.4. The van der Waals surface area contributed by atoms with Crippen molar-refractivity contribution in [1.29, 1.82) is 0 Å². The molecule has 9 N–H and O–H groups in total. The maximum atomic E-state index is 12.4. The quantitative estimate of drug-likeness (QED) is 0.0558. The molecule has 23 nitrogen and oxygen atoms in total. The van der Waals surface area contributed by atoms with Gasteiger partial charge in [-0.1, -0.05) is 12.1 Å². The first-order chi connectivity index (χ1) is 25.9. The van der Waals surface area contributed by atoms with Crippen LogP contribution in [0, 0.1) is 0 Å². The summed E-state index contributed by atoms with van der Waals surface area (Å²) in [6.45, 7) is -0.247. The topological polar surface area (TPSA) is 374 Å². The molecular formula is C28H23ClN8O15S4. The van der Waals surface area contributed by atoms with Crippen LogP contribution in [-0.4, -0.2) is 89.6 Å². The number of fused-ring (bicyclic) bond motifs is 1. The summed E-state index contributed by atoms with van der Waals surface area (Å²) in [7, 11) is -20.1. The number of benzene rings is 4. The van der Waals surface area contributed by atoms with Gasteiger partial charge in [0.05, 0.1) is 22.7 Å². The Morgan fingerprint density at radius 2 is 1.32 bits per heavy atom. The lowest BCUT2D eigenvalue weighted by Gasteiger charge is -2.15. The second-order valence-electron chi connectivity index (χ2n) is 11.0. The van der Waals surface area contributed by atoms with Crippen molar-refractivity contribution in [1.82, 2.24) is 15.0 Å². The molecule has 0 aliphatic carbocycles. The summed E-state index contributed by atoms with van der Waals surface area (Å²) in [5.41, 5.74) is -2.21. The van der Waals surface area contributed by atoms with Crippen molar-refractivity contribution in [3.05, 3.63) is 65.9 Å². The Labute approximate surface area is 320 Å². The van der Waals surface area contributed by atoms with E-state index in [1.54, 1.807) is 0 Å². The van der Waals surface area contributed by atoms with Crippen LogP contribution in [0.5, 0.6) is 5.75 Å². The molecule has 0 radical (unpaired) electrons. The minimum Gasteiger partial charge on any atom is -0.505 e. The van der Waals surface area contributed by atoms with E-state index < -0.39 is 117 Å². The number of hydrogen-bond acceptors (Lipinski definition) is 18. The minimum atomic E-state index is -5.32. The fourth-order valence-corrected chi connectivity index (χ4v) is 7.48. The summed E-state index contributed by atoms with van der Waals surface area (Å²) >= 11 is 6.10. The molecule has 0 aliphatic heterocycles. The van der Waals surface area contributed by atoms with Crippen molar-refractivity contribution in [3.8, 4) is 5.75 Å². The third kappa shape index (κ3) is 9.77. The Hall–Kier alpha value is -5.65. The third-order valence-corrected chi connectivity index (χ3v) is 10.8. The molecule has 1 heterocycles. The maximum absolute atomic E-state index is 12.4. The number of phenolic OH excluding ortho intramolecular Hbond substituents is 1. The number of nitrogens with one attached hydrogen (secondary N) is 3. The number of carbonyl (C=O) groups is 1. The average Bonchev–Trinajstić information content (AvgIpc) is 3.05. The van der Waals surface area contributed by atoms with Gasteiger partial charge in [0.25, 0.3) is 40.5 Å². The average molecular weight is 875 g/mol. The smallest absolute Gasteiger partial charge is 0.305 e. The van der Waals surface area contributed by atoms with E-state index in [4.69, 9.17) is 16.7 Å². The van der Waals surface area contributed by atoms with Gasteiger partial charge in [0.15, 0.2) is 5.75 Å². The molecular weight excluding hydrogens is 852 g/mol. The molecule has 1 aromatic heterocycles. The van der Waals surface area contributed by atoms with Crippen molar-refractivity contribution in [2.24, 2.45) is 10.2 Å². The van der Waals surface area contributed by atoms with Gasteiger partial charge in [-0.3, -0.25) is 23.0 Å². The molecule has 28 heteroatoms. The first kappa shape index (κ1) is 41.5. The van der Waals surface area contributed by atoms with Crippen molar-refractivity contribution < 1.29 is 66.9 Å². The predicted molar refractivity (Wildman–Crippen MR) is 194 cm³/mol. The molecule has 0 fully saturated rings. The van der Waals surface area contributed by atoms with Gasteiger partial charge in [0, 0.05) is 17.6 Å². The Morgan fingerprint density at radius 1 is 0.696 bits per heavy atom. The number of rotatable bonds is 14. The fourth-order valence-electron chi connectivity index (χ4n) is 4.85. The van der Waals surface area contributed by atoms with Crippen LogP contribution >= 0.6 is 11.6 Å². The van der Waals surface area contributed by atoms with Crippen LogP contribution in [0.15, 0.2) is 90.5 Å². The van der Waals surface area contributed by atoms with Crippen LogP contribution < -0.4 is 16.0 Å². The molecule has 296 valence electrons. The number of aromatic hydroxyl groups is 1. The van der Waals surface area contributed by atoms with Gasteiger partial charge in [-0.25, -0.2) is 0 Å². The second kappa shape index (κ2) is 15.5. The maximum Gasteiger partial charge on any atom is 0.305 e. The Balaban J connectivity index is 1.64. The van der Waals surface area contributed by atoms with E-state index in [0.717, 1.165) is 36.4 Å². The van der Waals surface area contributed by atoms with Crippen LogP contribution in [0.2, 0.25) is 5.28 Å². The van der Waals surface area contributed by atoms with Crippen molar-refractivity contribution in [3.63, 3.8) is 0 Å². The van der Waals surface area contributed by atoms with E-state index in [-0.39, 0.29) is 23.9 Å². The van der Waals surface area contributed by atoms with Gasteiger partial charge in [-0.15, -0.1) is 10.2 Å². The van der Waals surface area contributed by atoms with Crippen molar-refractivity contribution in [2.75, 3.05) is 22.5 Å². The van der Waals surface area contributed by atoms with E-state index in [0.29, 0.717) is 12.1 Å². The minimum absolute atomic E-state index is 0.0447. The molecule has 4 aromatic carbocycles. The van der Waals surface area contributed by atoms with Gasteiger partial charge in [-0.2, -0.15) is 48.6 Å². The highest BCUT2D eigenvalue weighted by atomic mass is 35.5. The molecule has 0 amide bonds. The molecule has 0 aliphatic rings. The van der Waals surface area contributed by atoms with E-state index in [2.05, 4.69) is 41.1 Å². The molecule has 0 atom stereocenters. The summed E-state index contributed by atoms with van der Waals surface area (Å²) in [6, 6.07) is 9.86. The molecule has 5 aromatic rings. The normalized spacial score (nSPS) is 12.5. The van der Waals surface area contributed by atoms with Gasteiger partial charge < -0.3 is 26.2 Å². The lowest BCUT2D eigenvalue weighted by atomic mass is 10.1. The molecule has 56 heavy (non-hydrogen) atoms. The van der Waals surface area contributed by atoms with Crippen LogP contribution in [0.3, 0.4) is 0 Å². The standard InChI is InChI=1S/C28H23ClN8O15S4/c29-26-33-27(31-14-5-6-20(55(47,48)49)17(11-14)30-8-7-22(38)39)35-28(34-26)32-18-12-15(53(41,42)43)9-13-10-21(56(50,51)52)24(25(40)23(13)18)37-36-16-3-1-2-4-19(16)54(44,45)46/h1-6,9-12,30,40H,7-8H2,(H,38,39)(H,41,42,43)(H,44,45,46)(H,47,48,49)(H,50,51,52)(H2,31,32,33,34,35). The highest BCUT2D eigenvalue weighted by molar-refractivity contribution is 7.86. The lowest BCUT2D eigenvalue weighted by molar-refractivity contribution is -0.136. The zero-order valence-electron chi connectivity index (χ0n) is 27.3. The van der Waals surface area contributed by atoms with Gasteiger partial charge in [0.1, 0.15) is 26.1 Å². The Bertz CT molecular complexity index is 2920. The fraction of sp³-hybridized carbons (Fsp3) is 0.0714. The number of aromatic nitrogens is 3. The number of carboxylic acids is 1. The summed E-state index contributed by atoms with van der Waals surface area (Å²) in [4.78, 5) is 19.3. The number of anilines is 5. The van der Waals surface area contributed by atoms with E-state index >= 15 is 0 Å². The summed E-state index contributed by atoms with van der Waals surface area (Å²) in [6.07, 6.45) is -0.423. The summed E-state index contributed by atoms with van der Waals surface area (Å²) in [5, 5.41) is 33.9. The largest absolute Gasteiger partial charge is 0.505 e. The van der Waals surface area contributed by atoms with E-state index in [1.165, 1.54) is 12.1 Å². The molecule has 0 saturated carbocycles. The Morgan fingerprint density at radius 3 is 1.93 bits per heavy atom. The number of halogens is 1. The molecule has 0 unspecified atom stereocenters. The van der Waals surface area contributed by atoms with Crippen LogP contribution in [0.25, 0.3) is 10.8 Å². The number of nitrogens with zero attached hydrogens (tertiary/aromatic N) is 5. The van der Waals surface area contributed by atoms with Gasteiger partial charge in [-0.05, 0) is 65.5 Å². The zero-order valence-corrected chi connectivity index (χ0v) is 31.3. The summed E-state index contributed by atoms with van der Waals surface area (Å²) < 4.78 is 136. The van der Waals surface area contributed by atoms with Crippen molar-refractivity contribution >= 4 is 109 Å². The van der Waals surface area contributed by atoms with E-state index in [9.17, 15) is 61.8 Å². The van der Waals surface area contributed by atoms with Crippen LogP contribution in [-0.2, 0) is 45.3 Å². The summed E-state index contributed by atoms with van der Waals surface area (Å²) in [5.74, 6) is -3.21. The highest BCUT2D eigenvalue weighted by Crippen LogP contribution is 2.46. The first-order valence-electron chi connectivity index (χ1n) is 14.7. The van der Waals surface area contributed by atoms with Gasteiger partial charge >= 0.3 is 5.97 Å². The van der Waals surface area contributed by atoms with Crippen molar-refractivity contribution in [2.45, 2.75) is 26.0 Å². The second-order valence-corrected chi connectivity index (χ2v) is 16.9. The first-order valence-corrected chi connectivity index (χ1v) is 20.9. The third-order valence-electron chi connectivity index (χ3n) is 7.12. The van der Waals surface area contributed by atoms with Crippen LogP contribution in [0.1, 0.15) is 6.42 Å². The SMILES string of the molecule is O=C(O)CCNc1cc(Nc2nc(Cl)nc(Nc3cc(S(=O)(=O)O)cc4cc(S(=O)(=O)O)c(N=Nc5ccccc5S(=O)(=O)O)c(O)c34)n2)ccc1S(=O)(=O)O. The van der Waals surface area contributed by atoms with Gasteiger partial charge in [0.2, 0.25) is 17.2 Å². The number of carboxylic acid groups (broad SMARTS) is 1. The molecule has 5 rings (SSSR count). The Kier molecular flexibility index (Phi) is 11.5. The lowest BCUT2D eigenvalue weighted by Crippen LogP contribution is -2.11. The monoisotopic (exact) mass is 874 g/mol. The molecule has 0 spiro atoms. The highest BCUT2D eigenvalue weighted by Gasteiger charge is 2.26. The van der Waals surface area contributed by atoms with Crippen LogP contribution in [0.4, 0.5) is 40.3 Å². The number of phenols is 1. The number of aliphatic carboxylic acids is 1.